The van der Waals surface area contributed by atoms with Crippen molar-refractivity contribution in [2.45, 2.75) is 25.3 Å². The van der Waals surface area contributed by atoms with Gasteiger partial charge in [-0.25, -0.2) is 0 Å². The molecule has 3 heteroatoms. The van der Waals surface area contributed by atoms with Crippen LogP contribution in [0.1, 0.15) is 30.9 Å². The Bertz CT molecular complexity index is 397. The van der Waals surface area contributed by atoms with Crippen LogP contribution in [0.2, 0.25) is 0 Å². The predicted molar refractivity (Wildman–Crippen MR) is 72.6 cm³/mol. The summed E-state index contributed by atoms with van der Waals surface area (Å²) in [5.74, 6) is 1.30. The second-order valence-corrected chi connectivity index (χ2v) is 5.58. The molecule has 1 saturated carbocycles. The summed E-state index contributed by atoms with van der Waals surface area (Å²) in [7, 11) is 0. The SMILES string of the molecule is Oc1cccc([C@H](CC2CC2)N2CCNCC2)c1. The third kappa shape index (κ3) is 2.85. The van der Waals surface area contributed by atoms with E-state index in [4.69, 9.17) is 0 Å². The van der Waals surface area contributed by atoms with E-state index in [1.54, 1.807) is 6.07 Å². The summed E-state index contributed by atoms with van der Waals surface area (Å²) in [4.78, 5) is 2.57. The van der Waals surface area contributed by atoms with Gasteiger partial charge in [0, 0.05) is 32.2 Å². The molecule has 0 amide bonds. The topological polar surface area (TPSA) is 35.5 Å². The Labute approximate surface area is 109 Å². The van der Waals surface area contributed by atoms with Crippen LogP contribution in [0.15, 0.2) is 24.3 Å². The highest BCUT2D eigenvalue weighted by Crippen LogP contribution is 2.40. The number of phenols is 1. The van der Waals surface area contributed by atoms with Crippen LogP contribution in [0.5, 0.6) is 5.75 Å². The third-order valence-corrected chi connectivity index (χ3v) is 4.10. The van der Waals surface area contributed by atoms with Crippen LogP contribution in [0.25, 0.3) is 0 Å². The molecule has 1 heterocycles. The second kappa shape index (κ2) is 5.29. The molecule has 98 valence electrons. The first-order valence-corrected chi connectivity index (χ1v) is 7.06. The lowest BCUT2D eigenvalue weighted by atomic mass is 9.98. The monoisotopic (exact) mass is 246 g/mol. The van der Waals surface area contributed by atoms with Gasteiger partial charge in [-0.15, -0.1) is 0 Å². The van der Waals surface area contributed by atoms with Crippen molar-refractivity contribution in [3.05, 3.63) is 29.8 Å². The molecule has 3 rings (SSSR count). The van der Waals surface area contributed by atoms with Crippen molar-refractivity contribution >= 4 is 0 Å². The summed E-state index contributed by atoms with van der Waals surface area (Å²) >= 11 is 0. The number of rotatable bonds is 4. The molecule has 0 spiro atoms. The molecule has 18 heavy (non-hydrogen) atoms. The smallest absolute Gasteiger partial charge is 0.115 e. The van der Waals surface area contributed by atoms with Gasteiger partial charge in [0.25, 0.3) is 0 Å². The maximum Gasteiger partial charge on any atom is 0.115 e. The van der Waals surface area contributed by atoms with E-state index in [1.165, 1.54) is 24.8 Å². The van der Waals surface area contributed by atoms with Gasteiger partial charge in [0.1, 0.15) is 5.75 Å². The lowest BCUT2D eigenvalue weighted by molar-refractivity contribution is 0.160. The van der Waals surface area contributed by atoms with Crippen molar-refractivity contribution in [3.63, 3.8) is 0 Å². The van der Waals surface area contributed by atoms with Crippen molar-refractivity contribution in [1.29, 1.82) is 0 Å². The van der Waals surface area contributed by atoms with Crippen molar-refractivity contribution < 1.29 is 5.11 Å². The highest BCUT2D eigenvalue weighted by atomic mass is 16.3. The zero-order chi connectivity index (χ0) is 12.4. The van der Waals surface area contributed by atoms with Gasteiger partial charge >= 0.3 is 0 Å². The molecule has 3 nitrogen and oxygen atoms in total. The summed E-state index contributed by atoms with van der Waals surface area (Å²) < 4.78 is 0. The maximum atomic E-state index is 9.68. The number of aromatic hydroxyl groups is 1. The molecule has 1 saturated heterocycles. The fraction of sp³-hybridized carbons (Fsp3) is 0.600. The van der Waals surface area contributed by atoms with E-state index in [9.17, 15) is 5.11 Å². The van der Waals surface area contributed by atoms with Crippen LogP contribution in [0.3, 0.4) is 0 Å². The summed E-state index contributed by atoms with van der Waals surface area (Å²) in [6.45, 7) is 4.40. The molecule has 1 aliphatic heterocycles. The maximum absolute atomic E-state index is 9.68. The van der Waals surface area contributed by atoms with Crippen LogP contribution in [-0.2, 0) is 0 Å². The third-order valence-electron chi connectivity index (χ3n) is 4.10. The number of phenolic OH excluding ortho intramolecular Hbond substituents is 1. The van der Waals surface area contributed by atoms with Gasteiger partial charge in [0.15, 0.2) is 0 Å². The van der Waals surface area contributed by atoms with Crippen molar-refractivity contribution in [2.24, 2.45) is 5.92 Å². The largest absolute Gasteiger partial charge is 0.508 e. The average molecular weight is 246 g/mol. The molecular formula is C15H22N2O. The number of piperazine rings is 1. The van der Waals surface area contributed by atoms with Gasteiger partial charge < -0.3 is 10.4 Å². The average Bonchev–Trinajstić information content (AvgIpc) is 3.21. The molecule has 0 aromatic heterocycles. The summed E-state index contributed by atoms with van der Waals surface area (Å²) in [6, 6.07) is 8.32. The molecular weight excluding hydrogens is 224 g/mol. The van der Waals surface area contributed by atoms with Crippen molar-refractivity contribution in [1.82, 2.24) is 10.2 Å². The summed E-state index contributed by atoms with van der Waals surface area (Å²) in [6.07, 6.45) is 4.03. The first-order valence-electron chi connectivity index (χ1n) is 7.06. The first kappa shape index (κ1) is 12.0. The van der Waals surface area contributed by atoms with Crippen LogP contribution >= 0.6 is 0 Å². The van der Waals surface area contributed by atoms with Crippen LogP contribution in [0, 0.1) is 5.92 Å². The number of hydrogen-bond donors (Lipinski definition) is 2. The van der Waals surface area contributed by atoms with Gasteiger partial charge in [-0.1, -0.05) is 25.0 Å². The molecule has 0 radical (unpaired) electrons. The van der Waals surface area contributed by atoms with Crippen LogP contribution in [-0.4, -0.2) is 36.2 Å². The molecule has 2 aliphatic rings. The minimum Gasteiger partial charge on any atom is -0.508 e. The highest BCUT2D eigenvalue weighted by molar-refractivity contribution is 5.29. The van der Waals surface area contributed by atoms with Gasteiger partial charge in [-0.05, 0) is 30.0 Å². The minimum absolute atomic E-state index is 0.392. The molecule has 0 unspecified atom stereocenters. The Morgan fingerprint density at radius 2 is 2.06 bits per heavy atom. The van der Waals surface area contributed by atoms with E-state index in [-0.39, 0.29) is 0 Å². The zero-order valence-corrected chi connectivity index (χ0v) is 10.8. The van der Waals surface area contributed by atoms with Gasteiger partial charge in [-0.3, -0.25) is 4.90 Å². The molecule has 1 aromatic rings. The number of nitrogens with one attached hydrogen (secondary N) is 1. The fourth-order valence-electron chi connectivity index (χ4n) is 2.89. The zero-order valence-electron chi connectivity index (χ0n) is 10.8. The predicted octanol–water partition coefficient (Wildman–Crippen LogP) is 2.14. The number of benzene rings is 1. The van der Waals surface area contributed by atoms with Gasteiger partial charge in [-0.2, -0.15) is 0 Å². The van der Waals surface area contributed by atoms with Crippen LogP contribution < -0.4 is 5.32 Å². The lowest BCUT2D eigenvalue weighted by Crippen LogP contribution is -2.45. The fourth-order valence-corrected chi connectivity index (χ4v) is 2.89. The summed E-state index contributed by atoms with van der Waals surface area (Å²) in [5, 5.41) is 13.1. The molecule has 2 N–H and O–H groups in total. The molecule has 1 atom stereocenters. The van der Waals surface area contributed by atoms with E-state index in [2.05, 4.69) is 16.3 Å². The molecule has 2 fully saturated rings. The van der Waals surface area contributed by atoms with E-state index in [0.29, 0.717) is 11.8 Å². The second-order valence-electron chi connectivity index (χ2n) is 5.58. The summed E-state index contributed by atoms with van der Waals surface area (Å²) in [5.41, 5.74) is 1.28. The van der Waals surface area contributed by atoms with Crippen LogP contribution in [0.4, 0.5) is 0 Å². The van der Waals surface area contributed by atoms with E-state index in [0.717, 1.165) is 32.1 Å². The Balaban J connectivity index is 1.78. The quantitative estimate of drug-likeness (QED) is 0.854. The van der Waals surface area contributed by atoms with E-state index in [1.807, 2.05) is 12.1 Å². The highest BCUT2D eigenvalue weighted by Gasteiger charge is 2.30. The minimum atomic E-state index is 0.392. The Hall–Kier alpha value is -1.06. The Morgan fingerprint density at radius 3 is 2.72 bits per heavy atom. The Morgan fingerprint density at radius 1 is 1.28 bits per heavy atom. The Kier molecular flexibility index (Phi) is 3.52. The van der Waals surface area contributed by atoms with E-state index >= 15 is 0 Å². The normalized spacial score (nSPS) is 22.9. The number of nitrogens with zero attached hydrogens (tertiary/aromatic N) is 1. The standard InChI is InChI=1S/C15H22N2O/c18-14-3-1-2-13(11-14)15(10-12-4-5-12)17-8-6-16-7-9-17/h1-3,11-12,15-16,18H,4-10H2/t15-/m0/s1. The van der Waals surface area contributed by atoms with Gasteiger partial charge in [0.05, 0.1) is 0 Å². The van der Waals surface area contributed by atoms with E-state index < -0.39 is 0 Å². The molecule has 0 bridgehead atoms. The first-order chi connectivity index (χ1) is 8.83. The number of hydrogen-bond acceptors (Lipinski definition) is 3. The molecule has 1 aliphatic carbocycles. The lowest BCUT2D eigenvalue weighted by Gasteiger charge is -2.35. The molecule has 1 aromatic carbocycles. The van der Waals surface area contributed by atoms with Crippen molar-refractivity contribution in [2.75, 3.05) is 26.2 Å². The van der Waals surface area contributed by atoms with Crippen molar-refractivity contribution in [3.8, 4) is 5.75 Å². The van der Waals surface area contributed by atoms with Gasteiger partial charge in [0.2, 0.25) is 0 Å².